The Morgan fingerprint density at radius 3 is 2.38 bits per heavy atom. The molecule has 0 aliphatic carbocycles. The molecule has 3 rings (SSSR count). The number of aryl methyl sites for hydroxylation is 2. The number of carboxylic acid groups (broad SMARTS) is 1. The molecule has 8 heteroatoms. The lowest BCUT2D eigenvalue weighted by Crippen LogP contribution is -2.38. The summed E-state index contributed by atoms with van der Waals surface area (Å²) in [5.41, 5.74) is 3.71. The van der Waals surface area contributed by atoms with Gasteiger partial charge in [0.2, 0.25) is 0 Å². The van der Waals surface area contributed by atoms with Crippen molar-refractivity contribution in [2.75, 3.05) is 38.7 Å². The predicted molar refractivity (Wildman–Crippen MR) is 152 cm³/mol. The van der Waals surface area contributed by atoms with Crippen LogP contribution in [0.2, 0.25) is 0 Å². The Balaban J connectivity index is 1.60. The van der Waals surface area contributed by atoms with E-state index in [1.54, 1.807) is 31.1 Å². The minimum atomic E-state index is -0.980. The Labute approximate surface area is 230 Å². The molecule has 0 saturated heterocycles. The molecule has 1 atom stereocenters. The number of urea groups is 1. The van der Waals surface area contributed by atoms with Crippen LogP contribution in [0.1, 0.15) is 30.0 Å². The van der Waals surface area contributed by atoms with Gasteiger partial charge in [-0.25, -0.2) is 9.59 Å². The van der Waals surface area contributed by atoms with E-state index in [2.05, 4.69) is 17.4 Å². The van der Waals surface area contributed by atoms with Crippen LogP contribution in [0.5, 0.6) is 11.5 Å². The first kappa shape index (κ1) is 29.5. The molecule has 3 aromatic carbocycles. The number of ether oxygens (including phenoxy) is 3. The lowest BCUT2D eigenvalue weighted by Gasteiger charge is -2.24. The second kappa shape index (κ2) is 15.4. The number of benzene rings is 3. The molecule has 0 aromatic heterocycles. The third kappa shape index (κ3) is 9.65. The van der Waals surface area contributed by atoms with Crippen LogP contribution in [0.3, 0.4) is 0 Å². The highest BCUT2D eigenvalue weighted by Gasteiger charge is 2.18. The van der Waals surface area contributed by atoms with Gasteiger partial charge in [-0.1, -0.05) is 48.5 Å². The topological polar surface area (TPSA) is 97.3 Å². The summed E-state index contributed by atoms with van der Waals surface area (Å²) in [6.07, 6.45) is 1.07. The normalized spacial score (nSPS) is 11.5. The highest BCUT2D eigenvalue weighted by Crippen LogP contribution is 2.25. The molecule has 0 saturated carbocycles. The van der Waals surface area contributed by atoms with Gasteiger partial charge in [0.05, 0.1) is 19.3 Å². The van der Waals surface area contributed by atoms with Gasteiger partial charge in [0, 0.05) is 19.6 Å². The second-order valence-electron chi connectivity index (χ2n) is 9.19. The molecule has 0 radical (unpaired) electrons. The van der Waals surface area contributed by atoms with Crippen molar-refractivity contribution in [1.29, 1.82) is 0 Å². The second-order valence-corrected chi connectivity index (χ2v) is 9.19. The number of carbonyl (C=O) groups is 2. The Bertz CT molecular complexity index is 1180. The molecule has 0 fully saturated rings. The van der Waals surface area contributed by atoms with Crippen molar-refractivity contribution in [2.24, 2.45) is 0 Å². The number of hydrogen-bond acceptors (Lipinski definition) is 5. The number of amides is 2. The largest absolute Gasteiger partial charge is 0.495 e. The molecule has 0 heterocycles. The molecule has 0 spiro atoms. The highest BCUT2D eigenvalue weighted by molar-refractivity contribution is 5.91. The van der Waals surface area contributed by atoms with Gasteiger partial charge in [-0.15, -0.1) is 0 Å². The number of carboxylic acids is 1. The van der Waals surface area contributed by atoms with Gasteiger partial charge >= 0.3 is 12.0 Å². The molecule has 208 valence electrons. The molecule has 0 aliphatic rings. The minimum Gasteiger partial charge on any atom is -0.495 e. The molecular formula is C31H38N2O6. The minimum absolute atomic E-state index is 0.221. The number of nitrogens with zero attached hydrogens (tertiary/aromatic N) is 1. The molecule has 1 unspecified atom stereocenters. The summed E-state index contributed by atoms with van der Waals surface area (Å²) in [6.45, 7) is 5.33. The van der Waals surface area contributed by atoms with E-state index < -0.39 is 12.1 Å². The molecule has 3 aromatic rings. The zero-order valence-electron chi connectivity index (χ0n) is 22.9. The molecule has 2 N–H and O–H groups in total. The molecule has 8 nitrogen and oxygen atoms in total. The average molecular weight is 535 g/mol. The van der Waals surface area contributed by atoms with Gasteiger partial charge in [-0.3, -0.25) is 0 Å². The maximum atomic E-state index is 13.3. The lowest BCUT2D eigenvalue weighted by molar-refractivity contribution is -0.149. The van der Waals surface area contributed by atoms with E-state index in [4.69, 9.17) is 14.2 Å². The zero-order valence-corrected chi connectivity index (χ0v) is 22.9. The van der Waals surface area contributed by atoms with Gasteiger partial charge in [-0.05, 0) is 67.6 Å². The van der Waals surface area contributed by atoms with Crippen molar-refractivity contribution in [3.05, 3.63) is 89.5 Å². The number of methoxy groups -OCH3 is 1. The predicted octanol–water partition coefficient (Wildman–Crippen LogP) is 5.58. The number of anilines is 1. The van der Waals surface area contributed by atoms with E-state index >= 15 is 0 Å². The first-order valence-electron chi connectivity index (χ1n) is 13.2. The van der Waals surface area contributed by atoms with E-state index in [0.29, 0.717) is 43.5 Å². The van der Waals surface area contributed by atoms with Gasteiger partial charge in [-0.2, -0.15) is 0 Å². The number of aliphatic carboxylic acids is 1. The van der Waals surface area contributed by atoms with Crippen LogP contribution >= 0.6 is 0 Å². The van der Waals surface area contributed by atoms with Crippen LogP contribution in [0.4, 0.5) is 10.5 Å². The summed E-state index contributed by atoms with van der Waals surface area (Å²) in [7, 11) is 1.58. The Hall–Kier alpha value is -4.04. The summed E-state index contributed by atoms with van der Waals surface area (Å²) in [5, 5.41) is 12.3. The molecule has 0 aliphatic heterocycles. The summed E-state index contributed by atoms with van der Waals surface area (Å²) < 4.78 is 16.6. The van der Waals surface area contributed by atoms with E-state index in [1.807, 2.05) is 55.5 Å². The first-order chi connectivity index (χ1) is 18.9. The van der Waals surface area contributed by atoms with Gasteiger partial charge in [0.25, 0.3) is 0 Å². The van der Waals surface area contributed by atoms with Crippen LogP contribution < -0.4 is 14.8 Å². The number of nitrogens with one attached hydrogen (secondary N) is 1. The van der Waals surface area contributed by atoms with Crippen molar-refractivity contribution >= 4 is 17.7 Å². The fraction of sp³-hybridized carbons (Fsp3) is 0.355. The van der Waals surface area contributed by atoms with Crippen LogP contribution in [0.15, 0.2) is 72.8 Å². The lowest BCUT2D eigenvalue weighted by atomic mass is 10.1. The van der Waals surface area contributed by atoms with Crippen molar-refractivity contribution in [3.63, 3.8) is 0 Å². The third-order valence-electron chi connectivity index (χ3n) is 6.24. The van der Waals surface area contributed by atoms with Gasteiger partial charge in [0.1, 0.15) is 18.1 Å². The smallest absolute Gasteiger partial charge is 0.333 e. The Morgan fingerprint density at radius 1 is 0.974 bits per heavy atom. The molecule has 39 heavy (non-hydrogen) atoms. The van der Waals surface area contributed by atoms with Crippen molar-refractivity contribution < 1.29 is 28.9 Å². The van der Waals surface area contributed by atoms with E-state index in [9.17, 15) is 14.7 Å². The molecule has 2 amide bonds. The average Bonchev–Trinajstić information content (AvgIpc) is 2.93. The standard InChI is InChI=1S/C31H38N2O6/c1-4-38-29(30(34)35)22-25-13-15-26(16-14-25)39-20-19-33(18-8-11-24-9-6-5-7-10-24)31(36)32-27-21-23(2)12-17-28(27)37-3/h5-7,9-10,12-17,21,29H,4,8,11,18-20,22H2,1-3H3,(H,32,36)(H,34,35). The van der Waals surface area contributed by atoms with Crippen molar-refractivity contribution in [3.8, 4) is 11.5 Å². The van der Waals surface area contributed by atoms with Gasteiger partial charge in [0.15, 0.2) is 6.10 Å². The maximum absolute atomic E-state index is 13.3. The fourth-order valence-corrected chi connectivity index (χ4v) is 4.18. The summed E-state index contributed by atoms with van der Waals surface area (Å²) in [5.74, 6) is 0.266. The SMILES string of the molecule is CCOC(Cc1ccc(OCCN(CCCc2ccccc2)C(=O)Nc2cc(C)ccc2OC)cc1)C(=O)O. The molecular weight excluding hydrogens is 496 g/mol. The number of carbonyl (C=O) groups excluding carboxylic acids is 1. The van der Waals surface area contributed by atoms with Gasteiger partial charge < -0.3 is 29.5 Å². The van der Waals surface area contributed by atoms with E-state index in [0.717, 1.165) is 24.0 Å². The van der Waals surface area contributed by atoms with Crippen LogP contribution in [-0.2, 0) is 22.4 Å². The Morgan fingerprint density at radius 2 is 1.72 bits per heavy atom. The third-order valence-corrected chi connectivity index (χ3v) is 6.24. The quantitative estimate of drug-likeness (QED) is 0.264. The Kier molecular flexibility index (Phi) is 11.6. The van der Waals surface area contributed by atoms with Crippen LogP contribution in [0, 0.1) is 6.92 Å². The monoisotopic (exact) mass is 534 g/mol. The summed E-state index contributed by atoms with van der Waals surface area (Å²) in [6, 6.07) is 22.9. The van der Waals surface area contributed by atoms with E-state index in [1.165, 1.54) is 5.56 Å². The van der Waals surface area contributed by atoms with Crippen molar-refractivity contribution in [2.45, 2.75) is 39.2 Å². The number of hydrogen-bond donors (Lipinski definition) is 2. The van der Waals surface area contributed by atoms with Crippen LogP contribution in [0.25, 0.3) is 0 Å². The van der Waals surface area contributed by atoms with Crippen LogP contribution in [-0.4, -0.2) is 61.5 Å². The fourth-order valence-electron chi connectivity index (χ4n) is 4.18. The zero-order chi connectivity index (χ0) is 28.0. The summed E-state index contributed by atoms with van der Waals surface area (Å²) in [4.78, 5) is 26.4. The van der Waals surface area contributed by atoms with Crippen molar-refractivity contribution in [1.82, 2.24) is 4.90 Å². The maximum Gasteiger partial charge on any atom is 0.333 e. The molecule has 0 bridgehead atoms. The highest BCUT2D eigenvalue weighted by atomic mass is 16.5. The summed E-state index contributed by atoms with van der Waals surface area (Å²) >= 11 is 0. The number of rotatable bonds is 15. The van der Waals surface area contributed by atoms with E-state index in [-0.39, 0.29) is 12.5 Å². The first-order valence-corrected chi connectivity index (χ1v) is 13.2.